The molecule has 8 nitrogen and oxygen atoms in total. The summed E-state index contributed by atoms with van der Waals surface area (Å²) >= 11 is 1.40. The highest BCUT2D eigenvalue weighted by atomic mass is 32.2. The monoisotopic (exact) mass is 464 g/mol. The molecule has 1 aliphatic rings. The Morgan fingerprint density at radius 2 is 1.61 bits per heavy atom. The molecular weight excluding hydrogens is 436 g/mol. The number of rotatable bonds is 6. The van der Waals surface area contributed by atoms with Gasteiger partial charge < -0.3 is 19.7 Å². The normalized spacial score (nSPS) is 14.3. The number of thioether (sulfide) groups is 1. The van der Waals surface area contributed by atoms with Crippen LogP contribution in [0, 0.1) is 6.92 Å². The number of aromatic nitrogens is 3. The maximum absolute atomic E-state index is 12.5. The Kier molecular flexibility index (Phi) is 7.10. The predicted molar refractivity (Wildman–Crippen MR) is 130 cm³/mol. The van der Waals surface area contributed by atoms with E-state index in [2.05, 4.69) is 27.5 Å². The van der Waals surface area contributed by atoms with Gasteiger partial charge in [-0.1, -0.05) is 29.5 Å². The lowest BCUT2D eigenvalue weighted by atomic mass is 10.1. The molecule has 1 aliphatic heterocycles. The first kappa shape index (κ1) is 23.0. The van der Waals surface area contributed by atoms with E-state index in [0.29, 0.717) is 28.0 Å². The summed E-state index contributed by atoms with van der Waals surface area (Å²) in [5.74, 6) is 1.04. The molecule has 3 aromatic rings. The molecule has 2 heterocycles. The molecule has 33 heavy (non-hydrogen) atoms. The summed E-state index contributed by atoms with van der Waals surface area (Å²) < 4.78 is 1.89. The minimum absolute atomic E-state index is 0.131. The Balaban J connectivity index is 1.36. The van der Waals surface area contributed by atoms with Crippen molar-refractivity contribution >= 4 is 29.3 Å². The second-order valence-electron chi connectivity index (χ2n) is 8.24. The van der Waals surface area contributed by atoms with Crippen molar-refractivity contribution in [1.82, 2.24) is 24.6 Å². The molecule has 0 radical (unpaired) electrons. The van der Waals surface area contributed by atoms with Crippen LogP contribution in [0.5, 0.6) is 0 Å². The minimum atomic E-state index is -0.148. The molecule has 0 aliphatic carbocycles. The molecular formula is C24H28N6O2S. The number of hydrogen-bond donors (Lipinski definition) is 1. The summed E-state index contributed by atoms with van der Waals surface area (Å²) in [6.45, 7) is 5.35. The van der Waals surface area contributed by atoms with Crippen LogP contribution in [0.4, 0.5) is 5.69 Å². The SMILES string of the molecule is Cc1ccc(C(=O)Nc2ccc(-c3nnc(SCC(=O)N4CCN(C)CC4)n3C)cc2)cc1. The summed E-state index contributed by atoms with van der Waals surface area (Å²) in [7, 11) is 3.97. The van der Waals surface area contributed by atoms with Gasteiger partial charge in [0.25, 0.3) is 5.91 Å². The van der Waals surface area contributed by atoms with E-state index in [4.69, 9.17) is 0 Å². The van der Waals surface area contributed by atoms with Gasteiger partial charge in [0.2, 0.25) is 5.91 Å². The van der Waals surface area contributed by atoms with Gasteiger partial charge in [0, 0.05) is 50.0 Å². The Morgan fingerprint density at radius 3 is 2.27 bits per heavy atom. The maximum atomic E-state index is 12.5. The molecule has 1 saturated heterocycles. The summed E-state index contributed by atoms with van der Waals surface area (Å²) in [6.07, 6.45) is 0. The van der Waals surface area contributed by atoms with E-state index in [1.807, 2.05) is 72.0 Å². The average Bonchev–Trinajstić information content (AvgIpc) is 3.19. The first-order chi connectivity index (χ1) is 15.9. The van der Waals surface area contributed by atoms with Crippen LogP contribution >= 0.6 is 11.8 Å². The van der Waals surface area contributed by atoms with E-state index in [0.717, 1.165) is 37.3 Å². The van der Waals surface area contributed by atoms with Crippen molar-refractivity contribution in [3.63, 3.8) is 0 Å². The van der Waals surface area contributed by atoms with Crippen molar-refractivity contribution in [2.45, 2.75) is 12.1 Å². The van der Waals surface area contributed by atoms with Crippen molar-refractivity contribution in [1.29, 1.82) is 0 Å². The number of carbonyl (C=O) groups excluding carboxylic acids is 2. The number of amides is 2. The van der Waals surface area contributed by atoms with Crippen molar-refractivity contribution in [3.05, 3.63) is 59.7 Å². The zero-order valence-corrected chi connectivity index (χ0v) is 19.9. The van der Waals surface area contributed by atoms with Crippen molar-refractivity contribution in [2.75, 3.05) is 44.3 Å². The fourth-order valence-electron chi connectivity index (χ4n) is 3.58. The highest BCUT2D eigenvalue weighted by Gasteiger charge is 2.20. The van der Waals surface area contributed by atoms with Crippen molar-refractivity contribution in [3.8, 4) is 11.4 Å². The molecule has 0 unspecified atom stereocenters. The smallest absolute Gasteiger partial charge is 0.255 e. The number of anilines is 1. The highest BCUT2D eigenvalue weighted by molar-refractivity contribution is 7.99. The van der Waals surface area contributed by atoms with E-state index in [1.54, 1.807) is 0 Å². The van der Waals surface area contributed by atoms with Gasteiger partial charge in [0.05, 0.1) is 5.75 Å². The molecule has 2 amide bonds. The molecule has 1 fully saturated rings. The van der Waals surface area contributed by atoms with Gasteiger partial charge in [-0.3, -0.25) is 9.59 Å². The van der Waals surface area contributed by atoms with Crippen LogP contribution in [0.25, 0.3) is 11.4 Å². The molecule has 0 bridgehead atoms. The van der Waals surface area contributed by atoms with Crippen LogP contribution in [0.2, 0.25) is 0 Å². The number of hydrogen-bond acceptors (Lipinski definition) is 6. The van der Waals surface area contributed by atoms with E-state index in [1.165, 1.54) is 11.8 Å². The summed E-state index contributed by atoms with van der Waals surface area (Å²) in [5.41, 5.74) is 3.32. The Hall–Kier alpha value is -3.17. The fraction of sp³-hybridized carbons (Fsp3) is 0.333. The molecule has 1 N–H and O–H groups in total. The second-order valence-corrected chi connectivity index (χ2v) is 9.18. The number of benzene rings is 2. The molecule has 0 atom stereocenters. The molecule has 0 spiro atoms. The Morgan fingerprint density at radius 1 is 0.939 bits per heavy atom. The maximum Gasteiger partial charge on any atom is 0.255 e. The Labute approximate surface area is 198 Å². The summed E-state index contributed by atoms with van der Waals surface area (Å²) in [6, 6.07) is 15.0. The number of carbonyl (C=O) groups is 2. The van der Waals surface area contributed by atoms with Crippen LogP contribution in [-0.4, -0.2) is 75.4 Å². The third-order valence-corrected chi connectivity index (χ3v) is 6.74. The molecule has 2 aromatic carbocycles. The number of aryl methyl sites for hydroxylation is 1. The van der Waals surface area contributed by atoms with E-state index < -0.39 is 0 Å². The number of nitrogens with zero attached hydrogens (tertiary/aromatic N) is 5. The molecule has 0 saturated carbocycles. The van der Waals surface area contributed by atoms with E-state index >= 15 is 0 Å². The quantitative estimate of drug-likeness (QED) is 0.565. The van der Waals surface area contributed by atoms with Gasteiger partial charge in [-0.05, 0) is 50.4 Å². The van der Waals surface area contributed by atoms with Crippen LogP contribution in [0.15, 0.2) is 53.7 Å². The zero-order chi connectivity index (χ0) is 23.4. The van der Waals surface area contributed by atoms with Crippen molar-refractivity contribution < 1.29 is 9.59 Å². The number of likely N-dealkylation sites (N-methyl/N-ethyl adjacent to an activating group) is 1. The second kappa shape index (κ2) is 10.2. The Bertz CT molecular complexity index is 1120. The summed E-state index contributed by atoms with van der Waals surface area (Å²) in [4.78, 5) is 29.1. The zero-order valence-electron chi connectivity index (χ0n) is 19.1. The van der Waals surface area contributed by atoms with Gasteiger partial charge in [-0.2, -0.15) is 0 Å². The summed E-state index contributed by atoms with van der Waals surface area (Å²) in [5, 5.41) is 12.2. The van der Waals surface area contributed by atoms with Gasteiger partial charge in [-0.25, -0.2) is 0 Å². The van der Waals surface area contributed by atoms with Crippen LogP contribution in [0.1, 0.15) is 15.9 Å². The molecule has 9 heteroatoms. The van der Waals surface area contributed by atoms with Gasteiger partial charge in [-0.15, -0.1) is 10.2 Å². The molecule has 1 aromatic heterocycles. The number of piperazine rings is 1. The van der Waals surface area contributed by atoms with Crippen LogP contribution < -0.4 is 5.32 Å². The van der Waals surface area contributed by atoms with Gasteiger partial charge >= 0.3 is 0 Å². The lowest BCUT2D eigenvalue weighted by molar-refractivity contribution is -0.129. The van der Waals surface area contributed by atoms with Crippen molar-refractivity contribution in [2.24, 2.45) is 7.05 Å². The lowest BCUT2D eigenvalue weighted by Crippen LogP contribution is -2.47. The third-order valence-electron chi connectivity index (χ3n) is 5.73. The van der Waals surface area contributed by atoms with Crippen LogP contribution in [-0.2, 0) is 11.8 Å². The van der Waals surface area contributed by atoms with Gasteiger partial charge in [0.1, 0.15) is 0 Å². The molecule has 4 rings (SSSR count). The fourth-order valence-corrected chi connectivity index (χ4v) is 4.39. The third kappa shape index (κ3) is 5.61. The van der Waals surface area contributed by atoms with Gasteiger partial charge in [0.15, 0.2) is 11.0 Å². The first-order valence-electron chi connectivity index (χ1n) is 10.9. The van der Waals surface area contributed by atoms with E-state index in [9.17, 15) is 9.59 Å². The predicted octanol–water partition coefficient (Wildman–Crippen LogP) is 2.91. The largest absolute Gasteiger partial charge is 0.339 e. The lowest BCUT2D eigenvalue weighted by Gasteiger charge is -2.32. The topological polar surface area (TPSA) is 83.4 Å². The van der Waals surface area contributed by atoms with Crippen LogP contribution in [0.3, 0.4) is 0 Å². The highest BCUT2D eigenvalue weighted by Crippen LogP contribution is 2.24. The molecule has 172 valence electrons. The standard InChI is InChI=1S/C24H28N6O2S/c1-17-4-6-19(7-5-17)23(32)25-20-10-8-18(9-11-20)22-26-27-24(29(22)3)33-16-21(31)30-14-12-28(2)13-15-30/h4-11H,12-16H2,1-3H3,(H,25,32). The number of nitrogens with one attached hydrogen (secondary N) is 1. The van der Waals surface area contributed by atoms with E-state index in [-0.39, 0.29) is 11.8 Å². The first-order valence-corrected chi connectivity index (χ1v) is 11.9. The average molecular weight is 465 g/mol. The minimum Gasteiger partial charge on any atom is -0.339 e.